The predicted molar refractivity (Wildman–Crippen MR) is 110 cm³/mol. The van der Waals surface area contributed by atoms with Crippen LogP contribution in [0.3, 0.4) is 0 Å². The van der Waals surface area contributed by atoms with Crippen molar-refractivity contribution in [2.75, 3.05) is 7.05 Å². The second-order valence-corrected chi connectivity index (χ2v) is 9.28. The van der Waals surface area contributed by atoms with Crippen LogP contribution in [-0.4, -0.2) is 29.0 Å². The molecule has 1 aromatic heterocycles. The summed E-state index contributed by atoms with van der Waals surface area (Å²) in [5.74, 6) is 1.10. The van der Waals surface area contributed by atoms with E-state index >= 15 is 0 Å². The molecular weight excluding hydrogens is 336 g/mol. The van der Waals surface area contributed by atoms with Gasteiger partial charge in [-0.2, -0.15) is 0 Å². The third-order valence-corrected chi connectivity index (χ3v) is 7.82. The smallest absolute Gasteiger partial charge is 0.0991 e. The summed E-state index contributed by atoms with van der Waals surface area (Å²) in [7, 11) is 2.33. The molecule has 26 heavy (non-hydrogen) atoms. The van der Waals surface area contributed by atoms with Crippen LogP contribution < -0.4 is 0 Å². The van der Waals surface area contributed by atoms with Crippen molar-refractivity contribution in [1.29, 1.82) is 0 Å². The van der Waals surface area contributed by atoms with Gasteiger partial charge in [-0.15, -0.1) is 11.3 Å². The molecule has 134 valence electrons. The summed E-state index contributed by atoms with van der Waals surface area (Å²) < 4.78 is 1.34. The van der Waals surface area contributed by atoms with Gasteiger partial charge in [-0.05, 0) is 63.3 Å². The number of para-hydroxylation sites is 1. The first-order valence-corrected chi connectivity index (χ1v) is 10.6. The quantitative estimate of drug-likeness (QED) is 0.586. The maximum absolute atomic E-state index is 5.17. The molecule has 0 spiro atoms. The fourth-order valence-corrected chi connectivity index (χ4v) is 6.48. The third kappa shape index (κ3) is 2.52. The van der Waals surface area contributed by atoms with E-state index in [2.05, 4.69) is 68.3 Å². The first kappa shape index (κ1) is 16.5. The first-order valence-electron chi connectivity index (χ1n) is 9.76. The number of thiazole rings is 1. The Kier molecular flexibility index (Phi) is 3.91. The van der Waals surface area contributed by atoms with Gasteiger partial charge in [0.15, 0.2) is 0 Å². The minimum atomic E-state index is 0.512. The molecule has 0 aliphatic carbocycles. The Hall–Kier alpha value is -1.71. The number of aryl methyl sites for hydroxylation is 2. The van der Waals surface area contributed by atoms with Crippen LogP contribution in [0.2, 0.25) is 0 Å². The summed E-state index contributed by atoms with van der Waals surface area (Å²) in [5, 5.41) is 1.34. The minimum absolute atomic E-state index is 0.512. The number of hydrogen-bond donors (Lipinski definition) is 0. The maximum Gasteiger partial charge on any atom is 0.0991 e. The molecule has 3 heteroatoms. The molecule has 3 heterocycles. The van der Waals surface area contributed by atoms with Crippen molar-refractivity contribution in [2.24, 2.45) is 0 Å². The summed E-state index contributed by atoms with van der Waals surface area (Å²) in [4.78, 5) is 7.82. The number of aromatic nitrogens is 1. The largest absolute Gasteiger partial charge is 0.300 e. The summed E-state index contributed by atoms with van der Waals surface area (Å²) in [6.07, 6.45) is 3.91. The van der Waals surface area contributed by atoms with Gasteiger partial charge in [0, 0.05) is 18.0 Å². The molecule has 0 radical (unpaired) electrons. The van der Waals surface area contributed by atoms with Crippen LogP contribution in [0.25, 0.3) is 10.2 Å². The number of hydrogen-bond acceptors (Lipinski definition) is 3. The van der Waals surface area contributed by atoms with E-state index in [0.717, 1.165) is 6.04 Å². The summed E-state index contributed by atoms with van der Waals surface area (Å²) in [6.45, 7) is 4.36. The lowest BCUT2D eigenvalue weighted by atomic mass is 9.76. The standard InChI is InChI=1S/C23H26N2S/c1-14-7-9-16(10-8-14)18-13-17-11-12-19(25(17)3)21(18)23-24-22-15(2)5-4-6-20(22)26-23/h4-10,17-19,21H,11-13H2,1-3H3/t17-,18-,19?,21+/m1/s1. The Morgan fingerprint density at radius 1 is 1.04 bits per heavy atom. The molecule has 2 fully saturated rings. The number of rotatable bonds is 2. The highest BCUT2D eigenvalue weighted by atomic mass is 32.1. The van der Waals surface area contributed by atoms with Gasteiger partial charge >= 0.3 is 0 Å². The molecule has 4 atom stereocenters. The Labute approximate surface area is 159 Å². The van der Waals surface area contributed by atoms with E-state index in [0.29, 0.717) is 17.9 Å². The van der Waals surface area contributed by atoms with Gasteiger partial charge < -0.3 is 0 Å². The zero-order chi connectivity index (χ0) is 17.8. The molecule has 0 amide bonds. The van der Waals surface area contributed by atoms with Crippen LogP contribution >= 0.6 is 11.3 Å². The van der Waals surface area contributed by atoms with Gasteiger partial charge in [0.2, 0.25) is 0 Å². The monoisotopic (exact) mass is 362 g/mol. The number of benzene rings is 2. The fraction of sp³-hybridized carbons (Fsp3) is 0.435. The van der Waals surface area contributed by atoms with E-state index in [1.807, 2.05) is 11.3 Å². The highest BCUT2D eigenvalue weighted by Crippen LogP contribution is 2.52. The minimum Gasteiger partial charge on any atom is -0.300 e. The van der Waals surface area contributed by atoms with E-state index in [4.69, 9.17) is 4.98 Å². The molecule has 2 aliphatic heterocycles. The Morgan fingerprint density at radius 3 is 2.62 bits per heavy atom. The van der Waals surface area contributed by atoms with Crippen LogP contribution in [0.1, 0.15) is 52.8 Å². The van der Waals surface area contributed by atoms with E-state index in [1.165, 1.54) is 51.2 Å². The summed E-state index contributed by atoms with van der Waals surface area (Å²) in [5.41, 5.74) is 5.35. The first-order chi connectivity index (χ1) is 12.6. The van der Waals surface area contributed by atoms with E-state index in [9.17, 15) is 0 Å². The summed E-state index contributed by atoms with van der Waals surface area (Å²) >= 11 is 1.92. The van der Waals surface area contributed by atoms with Crippen molar-refractivity contribution in [1.82, 2.24) is 9.88 Å². The van der Waals surface area contributed by atoms with E-state index in [1.54, 1.807) is 0 Å². The van der Waals surface area contributed by atoms with Crippen molar-refractivity contribution < 1.29 is 0 Å². The third-order valence-electron chi connectivity index (χ3n) is 6.70. The van der Waals surface area contributed by atoms with Crippen LogP contribution in [0.15, 0.2) is 42.5 Å². The van der Waals surface area contributed by atoms with E-state index in [-0.39, 0.29) is 0 Å². The highest BCUT2D eigenvalue weighted by molar-refractivity contribution is 7.18. The van der Waals surface area contributed by atoms with Crippen LogP contribution in [0.5, 0.6) is 0 Å². The van der Waals surface area contributed by atoms with E-state index < -0.39 is 0 Å². The molecule has 2 aromatic carbocycles. The lowest BCUT2D eigenvalue weighted by Gasteiger charge is -2.42. The van der Waals surface area contributed by atoms with Crippen molar-refractivity contribution >= 4 is 21.6 Å². The highest BCUT2D eigenvalue weighted by Gasteiger charge is 2.47. The molecule has 0 N–H and O–H groups in total. The van der Waals surface area contributed by atoms with Gasteiger partial charge in [0.05, 0.1) is 15.2 Å². The molecule has 3 aromatic rings. The fourth-order valence-electron chi connectivity index (χ4n) is 5.21. The zero-order valence-electron chi connectivity index (χ0n) is 15.8. The van der Waals surface area contributed by atoms with Crippen molar-refractivity contribution in [2.45, 2.75) is 57.0 Å². The number of likely N-dealkylation sites (N-methyl/N-ethyl adjacent to an activating group) is 1. The normalized spacial score (nSPS) is 28.7. The van der Waals surface area contributed by atoms with Crippen molar-refractivity contribution in [3.8, 4) is 0 Å². The predicted octanol–water partition coefficient (Wildman–Crippen LogP) is 5.65. The van der Waals surface area contributed by atoms with Gasteiger partial charge in [-0.25, -0.2) is 4.98 Å². The van der Waals surface area contributed by atoms with Crippen molar-refractivity contribution in [3.05, 3.63) is 64.2 Å². The number of fused-ring (bicyclic) bond motifs is 3. The van der Waals surface area contributed by atoms with Crippen molar-refractivity contribution in [3.63, 3.8) is 0 Å². The lowest BCUT2D eigenvalue weighted by molar-refractivity contribution is 0.137. The zero-order valence-corrected chi connectivity index (χ0v) is 16.6. The Balaban J connectivity index is 1.63. The average molecular weight is 363 g/mol. The van der Waals surface area contributed by atoms with Crippen LogP contribution in [0.4, 0.5) is 0 Å². The molecule has 2 aliphatic rings. The van der Waals surface area contributed by atoms with Crippen LogP contribution in [-0.2, 0) is 0 Å². The molecule has 5 rings (SSSR count). The molecule has 2 nitrogen and oxygen atoms in total. The Bertz CT molecular complexity index is 943. The lowest BCUT2D eigenvalue weighted by Crippen LogP contribution is -2.44. The van der Waals surface area contributed by atoms with Gasteiger partial charge in [-0.3, -0.25) is 4.90 Å². The molecule has 1 unspecified atom stereocenters. The second-order valence-electron chi connectivity index (χ2n) is 8.22. The molecule has 0 saturated carbocycles. The number of piperidine rings is 1. The van der Waals surface area contributed by atoms with Gasteiger partial charge in [0.25, 0.3) is 0 Å². The van der Waals surface area contributed by atoms with Gasteiger partial charge in [0.1, 0.15) is 0 Å². The van der Waals surface area contributed by atoms with Gasteiger partial charge in [-0.1, -0.05) is 42.0 Å². The number of nitrogens with zero attached hydrogens (tertiary/aromatic N) is 2. The maximum atomic E-state index is 5.17. The van der Waals surface area contributed by atoms with Crippen LogP contribution in [0, 0.1) is 13.8 Å². The Morgan fingerprint density at radius 2 is 1.85 bits per heavy atom. The molecule has 2 saturated heterocycles. The molecule has 2 bridgehead atoms. The molecular formula is C23H26N2S. The summed E-state index contributed by atoms with van der Waals surface area (Å²) in [6, 6.07) is 17.2. The SMILES string of the molecule is Cc1ccc([C@H]2C[C@H]3CCC([C@H]2c2nc4c(C)cccc4s2)N3C)cc1. The topological polar surface area (TPSA) is 16.1 Å². The average Bonchev–Trinajstić information content (AvgIpc) is 3.15. The second kappa shape index (κ2) is 6.17.